The highest BCUT2D eigenvalue weighted by atomic mass is 32.2. The Morgan fingerprint density at radius 3 is 2.25 bits per heavy atom. The molecule has 0 spiro atoms. The molecule has 1 atom stereocenters. The van der Waals surface area contributed by atoms with E-state index in [2.05, 4.69) is 5.32 Å². The summed E-state index contributed by atoms with van der Waals surface area (Å²) >= 11 is 0. The van der Waals surface area contributed by atoms with Crippen molar-refractivity contribution in [1.29, 1.82) is 0 Å². The first-order chi connectivity index (χ1) is 20.9. The van der Waals surface area contributed by atoms with E-state index in [-0.39, 0.29) is 22.9 Å². The molecular formula is C34H34N4O5S. The number of anilines is 1. The first-order valence-electron chi connectivity index (χ1n) is 14.5. The Bertz CT molecular complexity index is 2010. The van der Waals surface area contributed by atoms with E-state index in [9.17, 15) is 22.8 Å². The van der Waals surface area contributed by atoms with Gasteiger partial charge < -0.3 is 16.0 Å². The molecule has 1 aliphatic heterocycles. The van der Waals surface area contributed by atoms with E-state index in [1.165, 1.54) is 22.0 Å². The van der Waals surface area contributed by atoms with Crippen LogP contribution in [0.1, 0.15) is 29.5 Å². The lowest BCUT2D eigenvalue weighted by Gasteiger charge is -2.39. The summed E-state index contributed by atoms with van der Waals surface area (Å²) < 4.78 is 28.7. The summed E-state index contributed by atoms with van der Waals surface area (Å²) in [6.07, 6.45) is 4.68. The van der Waals surface area contributed by atoms with Crippen LogP contribution in [0.15, 0.2) is 83.4 Å². The minimum absolute atomic E-state index is 0.0328. The average molecular weight is 611 g/mol. The van der Waals surface area contributed by atoms with Crippen molar-refractivity contribution < 1.29 is 22.8 Å². The van der Waals surface area contributed by atoms with Gasteiger partial charge in [-0.1, -0.05) is 42.0 Å². The maximum absolute atomic E-state index is 13.8. The van der Waals surface area contributed by atoms with Gasteiger partial charge in [0.1, 0.15) is 5.57 Å². The van der Waals surface area contributed by atoms with Crippen LogP contribution >= 0.6 is 0 Å². The van der Waals surface area contributed by atoms with E-state index < -0.39 is 33.2 Å². The molecule has 226 valence electrons. The maximum Gasteiger partial charge on any atom is 0.268 e. The van der Waals surface area contributed by atoms with Crippen molar-refractivity contribution >= 4 is 44.3 Å². The fraction of sp³-hybridized carbons (Fsp3) is 0.265. The molecule has 4 aromatic rings. The largest absolute Gasteiger partial charge is 0.369 e. The summed E-state index contributed by atoms with van der Waals surface area (Å²) in [5.74, 6) is -1.70. The quantitative estimate of drug-likeness (QED) is 0.300. The lowest BCUT2D eigenvalue weighted by molar-refractivity contribution is -0.127. The van der Waals surface area contributed by atoms with E-state index in [0.717, 1.165) is 46.0 Å². The number of likely N-dealkylation sites (N-methyl/N-ethyl adjacent to an activating group) is 1. The molecule has 1 aliphatic carbocycles. The van der Waals surface area contributed by atoms with Crippen molar-refractivity contribution in [3.05, 3.63) is 95.2 Å². The van der Waals surface area contributed by atoms with Gasteiger partial charge in [0.05, 0.1) is 15.8 Å². The van der Waals surface area contributed by atoms with Crippen molar-refractivity contribution in [2.24, 2.45) is 17.1 Å². The summed E-state index contributed by atoms with van der Waals surface area (Å²) in [7, 11) is -2.42. The highest BCUT2D eigenvalue weighted by molar-refractivity contribution is 7.90. The molecule has 1 aromatic heterocycles. The number of carbonyl (C=O) groups excluding carboxylic acids is 3. The molecule has 2 heterocycles. The number of carbonyl (C=O) groups is 3. The fourth-order valence-corrected chi connectivity index (χ4v) is 7.85. The Balaban J connectivity index is 1.49. The number of nitrogens with zero attached hydrogens (tertiary/aromatic N) is 2. The molecule has 1 saturated carbocycles. The predicted octanol–water partition coefficient (Wildman–Crippen LogP) is 4.37. The Labute approximate surface area is 256 Å². The molecule has 44 heavy (non-hydrogen) atoms. The van der Waals surface area contributed by atoms with Gasteiger partial charge in [0.2, 0.25) is 5.91 Å². The van der Waals surface area contributed by atoms with E-state index in [4.69, 9.17) is 5.73 Å². The topological polar surface area (TPSA) is 132 Å². The second-order valence-electron chi connectivity index (χ2n) is 11.8. The highest BCUT2D eigenvalue weighted by Gasteiger charge is 2.53. The zero-order chi connectivity index (χ0) is 31.6. The number of fused-ring (bicyclic) bond motifs is 1. The molecule has 9 nitrogen and oxygen atoms in total. The number of hydrogen-bond acceptors (Lipinski definition) is 5. The lowest BCUT2D eigenvalue weighted by atomic mass is 9.76. The smallest absolute Gasteiger partial charge is 0.268 e. The predicted molar refractivity (Wildman–Crippen MR) is 169 cm³/mol. The summed E-state index contributed by atoms with van der Waals surface area (Å²) in [6.45, 7) is 5.69. The summed E-state index contributed by atoms with van der Waals surface area (Å²) in [4.78, 5) is 41.2. The Kier molecular flexibility index (Phi) is 7.00. The van der Waals surface area contributed by atoms with Crippen LogP contribution in [-0.2, 0) is 24.4 Å². The van der Waals surface area contributed by atoms with Crippen molar-refractivity contribution in [2.75, 3.05) is 18.5 Å². The molecule has 3 aromatic carbocycles. The number of aryl methyl sites for hydroxylation is 2. The number of aromatic nitrogens is 1. The molecule has 1 fully saturated rings. The monoisotopic (exact) mass is 610 g/mol. The molecule has 3 amide bonds. The van der Waals surface area contributed by atoms with Gasteiger partial charge in [0, 0.05) is 30.9 Å². The van der Waals surface area contributed by atoms with Crippen LogP contribution in [0.4, 0.5) is 5.69 Å². The number of benzene rings is 3. The SMILES string of the molecule is CNC(=O)C1=CC(C(N)=O)(C2CC2)CN(c2cccc(-c3cccc4c3c(C)cn4S(=O)(=O)c3ccc(C)cc3)c2C)C1=O. The number of primary amides is 1. The van der Waals surface area contributed by atoms with E-state index in [1.54, 1.807) is 42.6 Å². The number of amides is 3. The normalized spacial score (nSPS) is 18.8. The zero-order valence-electron chi connectivity index (χ0n) is 25.0. The average Bonchev–Trinajstić information content (AvgIpc) is 3.80. The summed E-state index contributed by atoms with van der Waals surface area (Å²) in [6, 6.07) is 17.8. The van der Waals surface area contributed by atoms with Crippen LogP contribution in [0.25, 0.3) is 22.0 Å². The minimum atomic E-state index is -3.87. The third-order valence-corrected chi connectivity index (χ3v) is 10.7. The molecule has 1 unspecified atom stereocenters. The van der Waals surface area contributed by atoms with Gasteiger partial charge in [0.15, 0.2) is 0 Å². The summed E-state index contributed by atoms with van der Waals surface area (Å²) in [5.41, 5.74) is 9.85. The van der Waals surface area contributed by atoms with Gasteiger partial charge >= 0.3 is 0 Å². The van der Waals surface area contributed by atoms with Crippen molar-refractivity contribution in [3.8, 4) is 11.1 Å². The third-order valence-electron chi connectivity index (χ3n) is 8.98. The molecular weight excluding hydrogens is 576 g/mol. The molecule has 0 bridgehead atoms. The number of rotatable bonds is 7. The van der Waals surface area contributed by atoms with Crippen LogP contribution < -0.4 is 16.0 Å². The molecule has 3 N–H and O–H groups in total. The highest BCUT2D eigenvalue weighted by Crippen LogP contribution is 2.50. The molecule has 0 saturated heterocycles. The Morgan fingerprint density at radius 2 is 1.61 bits per heavy atom. The first-order valence-corrected chi connectivity index (χ1v) is 15.9. The van der Waals surface area contributed by atoms with Gasteiger partial charge in [0.25, 0.3) is 21.8 Å². The second kappa shape index (κ2) is 10.5. The second-order valence-corrected chi connectivity index (χ2v) is 13.6. The zero-order valence-corrected chi connectivity index (χ0v) is 25.9. The number of hydrogen-bond donors (Lipinski definition) is 2. The van der Waals surface area contributed by atoms with E-state index in [1.807, 2.05) is 45.0 Å². The molecule has 10 heteroatoms. The van der Waals surface area contributed by atoms with Crippen LogP contribution in [0.5, 0.6) is 0 Å². The summed E-state index contributed by atoms with van der Waals surface area (Å²) in [5, 5.41) is 3.29. The van der Waals surface area contributed by atoms with Gasteiger partial charge in [-0.3, -0.25) is 14.4 Å². The van der Waals surface area contributed by atoms with Gasteiger partial charge in [-0.15, -0.1) is 0 Å². The van der Waals surface area contributed by atoms with E-state index >= 15 is 0 Å². The molecule has 0 radical (unpaired) electrons. The third kappa shape index (κ3) is 4.52. The standard InChI is InChI=1S/C34H34N4O5S/c1-20-11-15-24(16-12-20)44(42,43)38-18-21(2)30-26(8-6-10-29(30)38)25-7-5-9-28(22(25)3)37-19-34(33(35)41,23-13-14-23)17-27(32(37)40)31(39)36-4/h5-12,15-18,23H,13-14,19H2,1-4H3,(H2,35,41)(H,36,39). The van der Waals surface area contributed by atoms with Gasteiger partial charge in [-0.05, 0) is 92.1 Å². The van der Waals surface area contributed by atoms with Crippen molar-refractivity contribution in [1.82, 2.24) is 9.29 Å². The van der Waals surface area contributed by atoms with Crippen LogP contribution in [0, 0.1) is 32.1 Å². The van der Waals surface area contributed by atoms with Crippen molar-refractivity contribution in [3.63, 3.8) is 0 Å². The minimum Gasteiger partial charge on any atom is -0.369 e. The van der Waals surface area contributed by atoms with Crippen LogP contribution in [0.2, 0.25) is 0 Å². The number of nitrogens with one attached hydrogen (secondary N) is 1. The van der Waals surface area contributed by atoms with Crippen molar-refractivity contribution in [2.45, 2.75) is 38.5 Å². The molecule has 6 rings (SSSR count). The lowest BCUT2D eigenvalue weighted by Crippen LogP contribution is -2.54. The van der Waals surface area contributed by atoms with E-state index in [0.29, 0.717) is 11.2 Å². The van der Waals surface area contributed by atoms with Crippen LogP contribution in [-0.4, -0.2) is 43.7 Å². The van der Waals surface area contributed by atoms with Gasteiger partial charge in [-0.2, -0.15) is 0 Å². The number of nitrogens with two attached hydrogens (primary N) is 1. The maximum atomic E-state index is 13.8. The fourth-order valence-electron chi connectivity index (χ4n) is 6.43. The molecule has 2 aliphatic rings. The van der Waals surface area contributed by atoms with Gasteiger partial charge in [-0.25, -0.2) is 12.4 Å². The van der Waals surface area contributed by atoms with Crippen LogP contribution in [0.3, 0.4) is 0 Å². The Hall–Kier alpha value is -4.70. The Morgan fingerprint density at radius 1 is 0.955 bits per heavy atom. The first kappa shape index (κ1) is 29.4.